The van der Waals surface area contributed by atoms with Gasteiger partial charge in [0, 0.05) is 10.6 Å². The number of rotatable bonds is 3. The summed E-state index contributed by atoms with van der Waals surface area (Å²) in [6.07, 6.45) is 0. The van der Waals surface area contributed by atoms with Crippen molar-refractivity contribution in [1.29, 1.82) is 0 Å². The summed E-state index contributed by atoms with van der Waals surface area (Å²) < 4.78 is 12.7. The van der Waals surface area contributed by atoms with E-state index in [1.807, 2.05) is 0 Å². The summed E-state index contributed by atoms with van der Waals surface area (Å²) in [7, 11) is 0. The number of halogens is 1. The first kappa shape index (κ1) is 11.1. The Morgan fingerprint density at radius 2 is 1.88 bits per heavy atom. The number of hydrogen-bond donors (Lipinski definition) is 1. The van der Waals surface area contributed by atoms with Crippen LogP contribution < -0.4 is 5.32 Å². The molecule has 1 aromatic carbocycles. The number of hydrogen-bond acceptors (Lipinski definition) is 2. The Labute approximate surface area is 98.9 Å². The van der Waals surface area contributed by atoms with Gasteiger partial charge in [-0.05, 0) is 55.1 Å². The van der Waals surface area contributed by atoms with Crippen molar-refractivity contribution >= 4 is 17.0 Å². The largest absolute Gasteiger partial charge is 0.378 e. The number of benzene rings is 1. The fourth-order valence-electron chi connectivity index (χ4n) is 1.69. The number of anilines is 1. The SMILES string of the molecule is Cc1ccsc1C(C)Nc1ccc(F)cc1. The second-order valence-corrected chi connectivity index (χ2v) is 4.79. The van der Waals surface area contributed by atoms with E-state index in [0.717, 1.165) is 5.69 Å². The molecule has 0 aliphatic heterocycles. The topological polar surface area (TPSA) is 12.0 Å². The van der Waals surface area contributed by atoms with Gasteiger partial charge in [-0.2, -0.15) is 0 Å². The molecule has 0 saturated carbocycles. The summed E-state index contributed by atoms with van der Waals surface area (Å²) in [6, 6.07) is 8.82. The molecule has 0 radical (unpaired) electrons. The third-order valence-electron chi connectivity index (χ3n) is 2.52. The van der Waals surface area contributed by atoms with Crippen LogP contribution in [0.3, 0.4) is 0 Å². The van der Waals surface area contributed by atoms with Crippen LogP contribution in [0.4, 0.5) is 10.1 Å². The molecule has 0 amide bonds. The summed E-state index contributed by atoms with van der Waals surface area (Å²) in [4.78, 5) is 1.32. The van der Waals surface area contributed by atoms with Gasteiger partial charge in [-0.3, -0.25) is 0 Å². The molecule has 0 bridgehead atoms. The van der Waals surface area contributed by atoms with Gasteiger partial charge in [-0.25, -0.2) is 4.39 Å². The van der Waals surface area contributed by atoms with Gasteiger partial charge in [0.25, 0.3) is 0 Å². The molecule has 2 rings (SSSR count). The van der Waals surface area contributed by atoms with Crippen molar-refractivity contribution in [2.75, 3.05) is 5.32 Å². The predicted molar refractivity (Wildman–Crippen MR) is 67.5 cm³/mol. The van der Waals surface area contributed by atoms with Crippen LogP contribution in [0.2, 0.25) is 0 Å². The molecule has 0 saturated heterocycles. The molecule has 2 aromatic rings. The Hall–Kier alpha value is -1.35. The van der Waals surface area contributed by atoms with Crippen molar-refractivity contribution < 1.29 is 4.39 Å². The summed E-state index contributed by atoms with van der Waals surface area (Å²) >= 11 is 1.74. The normalized spacial score (nSPS) is 12.4. The number of nitrogens with one attached hydrogen (secondary N) is 1. The van der Waals surface area contributed by atoms with E-state index in [1.165, 1.54) is 22.6 Å². The van der Waals surface area contributed by atoms with Crippen molar-refractivity contribution in [2.45, 2.75) is 19.9 Å². The van der Waals surface area contributed by atoms with Gasteiger partial charge >= 0.3 is 0 Å². The highest BCUT2D eigenvalue weighted by Gasteiger charge is 2.09. The summed E-state index contributed by atoms with van der Waals surface area (Å²) in [5, 5.41) is 5.45. The third kappa shape index (κ3) is 2.42. The summed E-state index contributed by atoms with van der Waals surface area (Å²) in [6.45, 7) is 4.22. The molecule has 0 spiro atoms. The van der Waals surface area contributed by atoms with Crippen LogP contribution in [0.1, 0.15) is 23.4 Å². The highest BCUT2D eigenvalue weighted by Crippen LogP contribution is 2.26. The van der Waals surface area contributed by atoms with Crippen LogP contribution in [0.15, 0.2) is 35.7 Å². The highest BCUT2D eigenvalue weighted by molar-refractivity contribution is 7.10. The quantitative estimate of drug-likeness (QED) is 0.833. The van der Waals surface area contributed by atoms with Gasteiger partial charge in [0.2, 0.25) is 0 Å². The van der Waals surface area contributed by atoms with Crippen molar-refractivity contribution in [2.24, 2.45) is 0 Å². The molecule has 0 aliphatic rings. The minimum absolute atomic E-state index is 0.203. The third-order valence-corrected chi connectivity index (χ3v) is 3.72. The van der Waals surface area contributed by atoms with Gasteiger partial charge in [0.1, 0.15) is 5.82 Å². The lowest BCUT2D eigenvalue weighted by atomic mass is 10.2. The lowest BCUT2D eigenvalue weighted by Gasteiger charge is -2.14. The molecular weight excluding hydrogens is 221 g/mol. The number of aryl methyl sites for hydroxylation is 1. The predicted octanol–water partition coefficient (Wildman–Crippen LogP) is 4.37. The molecular formula is C13H14FNS. The molecule has 1 unspecified atom stereocenters. The lowest BCUT2D eigenvalue weighted by molar-refractivity contribution is 0.628. The average Bonchev–Trinajstić information content (AvgIpc) is 2.68. The van der Waals surface area contributed by atoms with E-state index in [1.54, 1.807) is 23.5 Å². The molecule has 1 atom stereocenters. The van der Waals surface area contributed by atoms with Crippen LogP contribution in [-0.2, 0) is 0 Å². The molecule has 1 nitrogen and oxygen atoms in total. The molecule has 84 valence electrons. The van der Waals surface area contributed by atoms with Gasteiger partial charge in [-0.15, -0.1) is 11.3 Å². The van der Waals surface area contributed by atoms with Crippen LogP contribution in [-0.4, -0.2) is 0 Å². The van der Waals surface area contributed by atoms with Crippen molar-refractivity contribution in [3.63, 3.8) is 0 Å². The Morgan fingerprint density at radius 1 is 1.19 bits per heavy atom. The highest BCUT2D eigenvalue weighted by atomic mass is 32.1. The fourth-order valence-corrected chi connectivity index (χ4v) is 2.63. The van der Waals surface area contributed by atoms with E-state index in [0.29, 0.717) is 0 Å². The zero-order valence-electron chi connectivity index (χ0n) is 9.33. The lowest BCUT2D eigenvalue weighted by Crippen LogP contribution is -2.05. The van der Waals surface area contributed by atoms with Crippen molar-refractivity contribution in [3.05, 3.63) is 52.0 Å². The minimum Gasteiger partial charge on any atom is -0.378 e. The van der Waals surface area contributed by atoms with Gasteiger partial charge in [0.15, 0.2) is 0 Å². The molecule has 1 aromatic heterocycles. The smallest absolute Gasteiger partial charge is 0.123 e. The second-order valence-electron chi connectivity index (χ2n) is 3.84. The summed E-state index contributed by atoms with van der Waals surface area (Å²) in [5.41, 5.74) is 2.24. The van der Waals surface area contributed by atoms with Gasteiger partial charge in [-0.1, -0.05) is 0 Å². The van der Waals surface area contributed by atoms with E-state index in [9.17, 15) is 4.39 Å². The number of thiophene rings is 1. The maximum atomic E-state index is 12.7. The Kier molecular flexibility index (Phi) is 3.25. The van der Waals surface area contributed by atoms with E-state index < -0.39 is 0 Å². The van der Waals surface area contributed by atoms with E-state index in [2.05, 4.69) is 30.6 Å². The van der Waals surface area contributed by atoms with Crippen LogP contribution in [0, 0.1) is 12.7 Å². The first-order chi connectivity index (χ1) is 7.66. The fraction of sp³-hybridized carbons (Fsp3) is 0.231. The average molecular weight is 235 g/mol. The van der Waals surface area contributed by atoms with E-state index in [-0.39, 0.29) is 11.9 Å². The molecule has 1 N–H and O–H groups in total. The van der Waals surface area contributed by atoms with Crippen LogP contribution in [0.5, 0.6) is 0 Å². The molecule has 0 fully saturated rings. The van der Waals surface area contributed by atoms with E-state index in [4.69, 9.17) is 0 Å². The summed E-state index contributed by atoms with van der Waals surface area (Å²) in [5.74, 6) is -0.203. The minimum atomic E-state index is -0.203. The van der Waals surface area contributed by atoms with E-state index >= 15 is 0 Å². The van der Waals surface area contributed by atoms with Gasteiger partial charge in [0.05, 0.1) is 6.04 Å². The Morgan fingerprint density at radius 3 is 2.44 bits per heavy atom. The molecule has 0 aliphatic carbocycles. The first-order valence-electron chi connectivity index (χ1n) is 5.23. The van der Waals surface area contributed by atoms with Crippen molar-refractivity contribution in [3.8, 4) is 0 Å². The monoisotopic (exact) mass is 235 g/mol. The second kappa shape index (κ2) is 4.66. The molecule has 3 heteroatoms. The van der Waals surface area contributed by atoms with Crippen LogP contribution in [0.25, 0.3) is 0 Å². The first-order valence-corrected chi connectivity index (χ1v) is 6.11. The van der Waals surface area contributed by atoms with Gasteiger partial charge < -0.3 is 5.32 Å². The van der Waals surface area contributed by atoms with Crippen molar-refractivity contribution in [1.82, 2.24) is 0 Å². The standard InChI is InChI=1S/C13H14FNS/c1-9-7-8-16-13(9)10(2)15-12-5-3-11(14)4-6-12/h3-8,10,15H,1-2H3. The Balaban J connectivity index is 2.10. The maximum Gasteiger partial charge on any atom is 0.123 e. The zero-order chi connectivity index (χ0) is 11.5. The van der Waals surface area contributed by atoms with Crippen LogP contribution >= 0.6 is 11.3 Å². The molecule has 16 heavy (non-hydrogen) atoms. The Bertz CT molecular complexity index is 461. The zero-order valence-corrected chi connectivity index (χ0v) is 10.1. The maximum absolute atomic E-state index is 12.7. The molecule has 1 heterocycles.